The summed E-state index contributed by atoms with van der Waals surface area (Å²) in [7, 11) is 0. The van der Waals surface area contributed by atoms with E-state index < -0.39 is 0 Å². The summed E-state index contributed by atoms with van der Waals surface area (Å²) < 4.78 is 14.5. The zero-order valence-electron chi connectivity index (χ0n) is 11.0. The van der Waals surface area contributed by atoms with Gasteiger partial charge < -0.3 is 11.1 Å². The minimum atomic E-state index is -0.225. The number of nitrogens with one attached hydrogen (secondary N) is 1. The molecule has 0 heterocycles. The van der Waals surface area contributed by atoms with E-state index in [-0.39, 0.29) is 11.9 Å². The van der Waals surface area contributed by atoms with Crippen molar-refractivity contribution in [1.82, 2.24) is 0 Å². The Kier molecular flexibility index (Phi) is 5.02. The van der Waals surface area contributed by atoms with Crippen molar-refractivity contribution in [2.24, 2.45) is 5.73 Å². The van der Waals surface area contributed by atoms with Crippen molar-refractivity contribution in [3.05, 3.63) is 62.8 Å². The van der Waals surface area contributed by atoms with Crippen molar-refractivity contribution in [2.75, 3.05) is 11.9 Å². The molecule has 20 heavy (non-hydrogen) atoms. The number of rotatable bonds is 4. The molecule has 2 nitrogen and oxygen atoms in total. The van der Waals surface area contributed by atoms with Gasteiger partial charge in [0.1, 0.15) is 5.82 Å². The van der Waals surface area contributed by atoms with Crippen molar-refractivity contribution in [3.63, 3.8) is 0 Å². The minimum absolute atomic E-state index is 0.164. The monoisotopic (exact) mass is 356 g/mol. The van der Waals surface area contributed by atoms with Crippen LogP contribution in [0.3, 0.4) is 0 Å². The molecule has 1 atom stereocenters. The summed E-state index contributed by atoms with van der Waals surface area (Å²) in [5.74, 6) is -0.225. The van der Waals surface area contributed by atoms with Gasteiger partial charge in [0.05, 0.1) is 11.1 Å². The number of halogens is 3. The fourth-order valence-corrected chi connectivity index (χ4v) is 2.32. The van der Waals surface area contributed by atoms with E-state index in [1.165, 1.54) is 6.07 Å². The number of aryl methyl sites for hydroxylation is 1. The van der Waals surface area contributed by atoms with Crippen molar-refractivity contribution in [1.29, 1.82) is 0 Å². The third-order valence-electron chi connectivity index (χ3n) is 3.09. The lowest BCUT2D eigenvalue weighted by molar-refractivity contribution is 0.613. The van der Waals surface area contributed by atoms with Crippen LogP contribution in [0.2, 0.25) is 5.02 Å². The lowest BCUT2D eigenvalue weighted by Gasteiger charge is -2.19. The summed E-state index contributed by atoms with van der Waals surface area (Å²) >= 11 is 9.40. The molecule has 0 aromatic heterocycles. The molecule has 106 valence electrons. The summed E-state index contributed by atoms with van der Waals surface area (Å²) in [4.78, 5) is 0. The maximum atomic E-state index is 13.6. The number of hydrogen-bond donors (Lipinski definition) is 2. The van der Waals surface area contributed by atoms with Crippen molar-refractivity contribution in [3.8, 4) is 0 Å². The van der Waals surface area contributed by atoms with Crippen LogP contribution in [0, 0.1) is 12.7 Å². The molecule has 0 fully saturated rings. The van der Waals surface area contributed by atoms with Crippen LogP contribution in [0.4, 0.5) is 10.1 Å². The molecule has 0 spiro atoms. The SMILES string of the molecule is Cc1ccc(C(CN)Nc2ccc(Br)c(Cl)c2)cc1F. The van der Waals surface area contributed by atoms with Gasteiger partial charge >= 0.3 is 0 Å². The van der Waals surface area contributed by atoms with Gasteiger partial charge in [0, 0.05) is 16.7 Å². The fourth-order valence-electron chi connectivity index (χ4n) is 1.89. The summed E-state index contributed by atoms with van der Waals surface area (Å²) in [5, 5.41) is 3.87. The molecule has 0 saturated heterocycles. The van der Waals surface area contributed by atoms with Crippen LogP contribution in [0.5, 0.6) is 0 Å². The molecule has 0 bridgehead atoms. The highest BCUT2D eigenvalue weighted by molar-refractivity contribution is 9.10. The van der Waals surface area contributed by atoms with Crippen molar-refractivity contribution < 1.29 is 4.39 Å². The topological polar surface area (TPSA) is 38.0 Å². The Labute approximate surface area is 131 Å². The molecule has 1 unspecified atom stereocenters. The molecule has 0 saturated carbocycles. The fraction of sp³-hybridized carbons (Fsp3) is 0.200. The zero-order valence-corrected chi connectivity index (χ0v) is 13.3. The Morgan fingerprint density at radius 1 is 1.30 bits per heavy atom. The van der Waals surface area contributed by atoms with E-state index in [1.54, 1.807) is 19.1 Å². The van der Waals surface area contributed by atoms with Crippen molar-refractivity contribution in [2.45, 2.75) is 13.0 Å². The predicted molar refractivity (Wildman–Crippen MR) is 85.7 cm³/mol. The highest BCUT2D eigenvalue weighted by Crippen LogP contribution is 2.28. The average Bonchev–Trinajstić information content (AvgIpc) is 2.43. The van der Waals surface area contributed by atoms with E-state index in [2.05, 4.69) is 21.2 Å². The molecule has 2 aromatic carbocycles. The zero-order chi connectivity index (χ0) is 14.7. The maximum absolute atomic E-state index is 13.6. The average molecular weight is 358 g/mol. The minimum Gasteiger partial charge on any atom is -0.377 e. The second-order valence-electron chi connectivity index (χ2n) is 4.57. The molecular weight excluding hydrogens is 343 g/mol. The van der Waals surface area contributed by atoms with Gasteiger partial charge in [0.25, 0.3) is 0 Å². The molecule has 0 aliphatic rings. The van der Waals surface area contributed by atoms with E-state index >= 15 is 0 Å². The highest BCUT2D eigenvalue weighted by Gasteiger charge is 2.12. The number of hydrogen-bond acceptors (Lipinski definition) is 2. The molecule has 2 aromatic rings. The first-order valence-electron chi connectivity index (χ1n) is 6.19. The maximum Gasteiger partial charge on any atom is 0.126 e. The predicted octanol–water partition coefficient (Wildman–Crippen LogP) is 4.66. The second-order valence-corrected chi connectivity index (χ2v) is 5.83. The van der Waals surface area contributed by atoms with Gasteiger partial charge in [0.2, 0.25) is 0 Å². The van der Waals surface area contributed by atoms with Gasteiger partial charge in [0.15, 0.2) is 0 Å². The van der Waals surface area contributed by atoms with Gasteiger partial charge in [-0.1, -0.05) is 23.7 Å². The van der Waals surface area contributed by atoms with Crippen molar-refractivity contribution >= 4 is 33.2 Å². The van der Waals surface area contributed by atoms with Crippen LogP contribution in [-0.2, 0) is 0 Å². The quantitative estimate of drug-likeness (QED) is 0.835. The van der Waals surface area contributed by atoms with E-state index in [9.17, 15) is 4.39 Å². The van der Waals surface area contributed by atoms with E-state index in [0.717, 1.165) is 15.7 Å². The third kappa shape index (κ3) is 3.51. The Bertz CT molecular complexity index is 619. The molecule has 3 N–H and O–H groups in total. The first kappa shape index (κ1) is 15.3. The first-order valence-corrected chi connectivity index (χ1v) is 7.36. The smallest absolute Gasteiger partial charge is 0.126 e. The number of nitrogens with two attached hydrogens (primary N) is 1. The molecule has 2 rings (SSSR count). The molecule has 5 heteroatoms. The van der Waals surface area contributed by atoms with Crippen LogP contribution < -0.4 is 11.1 Å². The van der Waals surface area contributed by atoms with Gasteiger partial charge in [-0.15, -0.1) is 0 Å². The van der Waals surface area contributed by atoms with Gasteiger partial charge in [-0.25, -0.2) is 4.39 Å². The summed E-state index contributed by atoms with van der Waals surface area (Å²) in [6.07, 6.45) is 0. The van der Waals surface area contributed by atoms with Crippen LogP contribution in [0.25, 0.3) is 0 Å². The Balaban J connectivity index is 2.23. The first-order chi connectivity index (χ1) is 9.51. The molecular formula is C15H15BrClFN2. The van der Waals surface area contributed by atoms with E-state index in [4.69, 9.17) is 17.3 Å². The lowest BCUT2D eigenvalue weighted by Crippen LogP contribution is -2.20. The Hall–Kier alpha value is -1.10. The second kappa shape index (κ2) is 6.57. The van der Waals surface area contributed by atoms with E-state index in [0.29, 0.717) is 17.1 Å². The Morgan fingerprint density at radius 2 is 2.05 bits per heavy atom. The lowest BCUT2D eigenvalue weighted by atomic mass is 10.0. The van der Waals surface area contributed by atoms with E-state index in [1.807, 2.05) is 18.2 Å². The molecule has 0 aliphatic carbocycles. The third-order valence-corrected chi connectivity index (χ3v) is 4.33. The summed E-state index contributed by atoms with van der Waals surface area (Å²) in [5.41, 5.74) is 8.06. The molecule has 0 amide bonds. The highest BCUT2D eigenvalue weighted by atomic mass is 79.9. The van der Waals surface area contributed by atoms with Gasteiger partial charge in [-0.05, 0) is 58.2 Å². The number of benzene rings is 2. The number of anilines is 1. The van der Waals surface area contributed by atoms with Crippen LogP contribution in [-0.4, -0.2) is 6.54 Å². The standard InChI is InChI=1S/C15H15BrClFN2/c1-9-2-3-10(6-14(9)18)15(8-19)20-11-4-5-12(16)13(17)7-11/h2-7,15,20H,8,19H2,1H3. The largest absolute Gasteiger partial charge is 0.377 e. The normalized spacial score (nSPS) is 12.2. The van der Waals surface area contributed by atoms with Gasteiger partial charge in [-0.2, -0.15) is 0 Å². The van der Waals surface area contributed by atoms with Crippen LogP contribution >= 0.6 is 27.5 Å². The summed E-state index contributed by atoms with van der Waals surface area (Å²) in [6.45, 7) is 2.09. The summed E-state index contributed by atoms with van der Waals surface area (Å²) in [6, 6.07) is 10.5. The van der Waals surface area contributed by atoms with Crippen LogP contribution in [0.1, 0.15) is 17.2 Å². The Morgan fingerprint density at radius 3 is 2.65 bits per heavy atom. The molecule has 0 aliphatic heterocycles. The van der Waals surface area contributed by atoms with Gasteiger partial charge in [-0.3, -0.25) is 0 Å². The van der Waals surface area contributed by atoms with Crippen LogP contribution in [0.15, 0.2) is 40.9 Å². The molecule has 0 radical (unpaired) electrons.